The standard InChI is InChI=1S/C8H12N4O/c1-9-7-6(8(13)11(2)3)12(4)5-10-7/h5H,1H2,2-4H3. The summed E-state index contributed by atoms with van der Waals surface area (Å²) in [5.74, 6) is 0.253. The molecule has 1 rings (SSSR count). The molecule has 1 aromatic heterocycles. The van der Waals surface area contributed by atoms with Crippen LogP contribution in [0.5, 0.6) is 0 Å². The molecule has 5 nitrogen and oxygen atoms in total. The average molecular weight is 180 g/mol. The van der Waals surface area contributed by atoms with Crippen molar-refractivity contribution in [3.8, 4) is 0 Å². The van der Waals surface area contributed by atoms with Gasteiger partial charge in [0.2, 0.25) is 0 Å². The molecule has 0 bridgehead atoms. The van der Waals surface area contributed by atoms with Gasteiger partial charge in [-0.15, -0.1) is 0 Å². The summed E-state index contributed by atoms with van der Waals surface area (Å²) >= 11 is 0. The maximum atomic E-state index is 11.6. The highest BCUT2D eigenvalue weighted by Gasteiger charge is 2.17. The Morgan fingerprint density at radius 1 is 1.69 bits per heavy atom. The Balaban J connectivity index is 3.18. The Morgan fingerprint density at radius 2 is 2.31 bits per heavy atom. The molecule has 0 aromatic carbocycles. The summed E-state index contributed by atoms with van der Waals surface area (Å²) in [6, 6.07) is 0. The van der Waals surface area contributed by atoms with Crippen LogP contribution in [-0.2, 0) is 7.05 Å². The molecule has 13 heavy (non-hydrogen) atoms. The molecule has 5 heteroatoms. The van der Waals surface area contributed by atoms with E-state index >= 15 is 0 Å². The fourth-order valence-corrected chi connectivity index (χ4v) is 0.992. The smallest absolute Gasteiger partial charge is 0.273 e. The summed E-state index contributed by atoms with van der Waals surface area (Å²) in [4.78, 5) is 20.7. The van der Waals surface area contributed by atoms with Gasteiger partial charge in [-0.25, -0.2) is 9.98 Å². The average Bonchev–Trinajstić information content (AvgIpc) is 2.45. The second-order valence-electron chi connectivity index (χ2n) is 2.89. The van der Waals surface area contributed by atoms with Crippen molar-refractivity contribution >= 4 is 18.4 Å². The lowest BCUT2D eigenvalue weighted by Gasteiger charge is -2.10. The van der Waals surface area contributed by atoms with Crippen LogP contribution in [0.2, 0.25) is 0 Å². The Labute approximate surface area is 76.7 Å². The van der Waals surface area contributed by atoms with Gasteiger partial charge in [0, 0.05) is 21.1 Å². The highest BCUT2D eigenvalue weighted by Crippen LogP contribution is 2.16. The lowest BCUT2D eigenvalue weighted by molar-refractivity contribution is 0.0819. The number of aryl methyl sites for hydroxylation is 1. The van der Waals surface area contributed by atoms with Crippen LogP contribution in [0.1, 0.15) is 10.5 Å². The first-order chi connectivity index (χ1) is 6.07. The minimum atomic E-state index is -0.123. The molecule has 0 N–H and O–H groups in total. The van der Waals surface area contributed by atoms with Crippen molar-refractivity contribution in [2.24, 2.45) is 12.0 Å². The predicted molar refractivity (Wildman–Crippen MR) is 50.4 cm³/mol. The van der Waals surface area contributed by atoms with Crippen LogP contribution in [0.25, 0.3) is 0 Å². The molecule has 0 radical (unpaired) electrons. The Morgan fingerprint density at radius 3 is 2.77 bits per heavy atom. The van der Waals surface area contributed by atoms with Crippen LogP contribution >= 0.6 is 0 Å². The van der Waals surface area contributed by atoms with Crippen LogP contribution in [0, 0.1) is 0 Å². The maximum Gasteiger partial charge on any atom is 0.273 e. The SMILES string of the molecule is C=Nc1ncn(C)c1C(=O)N(C)C. The summed E-state index contributed by atoms with van der Waals surface area (Å²) in [5.41, 5.74) is 0.458. The van der Waals surface area contributed by atoms with E-state index in [1.807, 2.05) is 0 Å². The first-order valence-electron chi connectivity index (χ1n) is 3.77. The van der Waals surface area contributed by atoms with E-state index in [0.717, 1.165) is 0 Å². The lowest BCUT2D eigenvalue weighted by atomic mass is 10.4. The number of hydrogen-bond donors (Lipinski definition) is 0. The van der Waals surface area contributed by atoms with Gasteiger partial charge in [-0.1, -0.05) is 0 Å². The molecule has 0 aliphatic carbocycles. The van der Waals surface area contributed by atoms with E-state index < -0.39 is 0 Å². The monoisotopic (exact) mass is 180 g/mol. The third-order valence-electron chi connectivity index (χ3n) is 1.68. The van der Waals surface area contributed by atoms with Crippen molar-refractivity contribution in [2.45, 2.75) is 0 Å². The molecular formula is C8H12N4O. The van der Waals surface area contributed by atoms with Crippen molar-refractivity contribution in [1.29, 1.82) is 0 Å². The minimum Gasteiger partial charge on any atom is -0.343 e. The van der Waals surface area contributed by atoms with Crippen LogP contribution in [0.15, 0.2) is 11.3 Å². The zero-order valence-corrected chi connectivity index (χ0v) is 7.98. The summed E-state index contributed by atoms with van der Waals surface area (Å²) in [7, 11) is 5.11. The van der Waals surface area contributed by atoms with Gasteiger partial charge < -0.3 is 9.47 Å². The molecule has 0 aliphatic rings. The molecule has 0 fully saturated rings. The van der Waals surface area contributed by atoms with Gasteiger partial charge >= 0.3 is 0 Å². The fraction of sp³-hybridized carbons (Fsp3) is 0.375. The Hall–Kier alpha value is -1.65. The van der Waals surface area contributed by atoms with Crippen molar-refractivity contribution in [3.05, 3.63) is 12.0 Å². The van der Waals surface area contributed by atoms with Crippen LogP contribution in [0.4, 0.5) is 5.82 Å². The topological polar surface area (TPSA) is 50.5 Å². The quantitative estimate of drug-likeness (QED) is 0.620. The van der Waals surface area contributed by atoms with E-state index in [9.17, 15) is 4.79 Å². The number of rotatable bonds is 2. The predicted octanol–water partition coefficient (Wildman–Crippen LogP) is 0.454. The highest BCUT2D eigenvalue weighted by atomic mass is 16.2. The summed E-state index contributed by atoms with van der Waals surface area (Å²) in [5, 5.41) is 0. The van der Waals surface area contributed by atoms with Gasteiger partial charge in [0.15, 0.2) is 11.5 Å². The van der Waals surface area contributed by atoms with E-state index in [2.05, 4.69) is 16.7 Å². The van der Waals surface area contributed by atoms with Crippen molar-refractivity contribution in [1.82, 2.24) is 14.5 Å². The molecule has 0 saturated heterocycles. The summed E-state index contributed by atoms with van der Waals surface area (Å²) in [6.45, 7) is 3.35. The molecule has 1 heterocycles. The largest absolute Gasteiger partial charge is 0.343 e. The summed E-state index contributed by atoms with van der Waals surface area (Å²) in [6.07, 6.45) is 1.54. The number of hydrogen-bond acceptors (Lipinski definition) is 3. The fourth-order valence-electron chi connectivity index (χ4n) is 0.992. The third kappa shape index (κ3) is 1.58. The van der Waals surface area contributed by atoms with Gasteiger partial charge in [0.25, 0.3) is 5.91 Å². The molecular weight excluding hydrogens is 168 g/mol. The first kappa shape index (κ1) is 9.44. The zero-order chi connectivity index (χ0) is 10.0. The number of imidazole rings is 1. The van der Waals surface area contributed by atoms with Crippen LogP contribution in [0.3, 0.4) is 0 Å². The van der Waals surface area contributed by atoms with E-state index in [1.165, 1.54) is 4.90 Å². The van der Waals surface area contributed by atoms with Crippen molar-refractivity contribution in [2.75, 3.05) is 14.1 Å². The highest BCUT2D eigenvalue weighted by molar-refractivity contribution is 5.96. The molecule has 0 aliphatic heterocycles. The Kier molecular flexibility index (Phi) is 2.46. The van der Waals surface area contributed by atoms with Crippen LogP contribution in [-0.4, -0.2) is 41.2 Å². The molecule has 1 aromatic rings. The number of carbonyl (C=O) groups is 1. The van der Waals surface area contributed by atoms with Gasteiger partial charge in [-0.3, -0.25) is 4.79 Å². The van der Waals surface area contributed by atoms with E-state index in [4.69, 9.17) is 0 Å². The summed E-state index contributed by atoms with van der Waals surface area (Å²) < 4.78 is 1.63. The first-order valence-corrected chi connectivity index (χ1v) is 3.77. The second kappa shape index (κ2) is 3.38. The lowest BCUT2D eigenvalue weighted by Crippen LogP contribution is -2.23. The number of nitrogens with zero attached hydrogens (tertiary/aromatic N) is 4. The van der Waals surface area contributed by atoms with Crippen LogP contribution < -0.4 is 0 Å². The van der Waals surface area contributed by atoms with Gasteiger partial charge in [0.05, 0.1) is 6.33 Å². The minimum absolute atomic E-state index is 0.123. The second-order valence-corrected chi connectivity index (χ2v) is 2.89. The number of carbonyl (C=O) groups excluding carboxylic acids is 1. The van der Waals surface area contributed by atoms with E-state index in [-0.39, 0.29) is 5.91 Å². The molecule has 0 saturated carbocycles. The van der Waals surface area contributed by atoms with E-state index in [1.54, 1.807) is 32.0 Å². The third-order valence-corrected chi connectivity index (χ3v) is 1.68. The van der Waals surface area contributed by atoms with Gasteiger partial charge in [-0.2, -0.15) is 0 Å². The Bertz CT molecular complexity index is 340. The number of amides is 1. The van der Waals surface area contributed by atoms with Crippen molar-refractivity contribution in [3.63, 3.8) is 0 Å². The van der Waals surface area contributed by atoms with Gasteiger partial charge in [-0.05, 0) is 6.72 Å². The zero-order valence-electron chi connectivity index (χ0n) is 7.98. The molecule has 0 spiro atoms. The maximum absolute atomic E-state index is 11.6. The number of aliphatic imine (C=N–C) groups is 1. The molecule has 70 valence electrons. The van der Waals surface area contributed by atoms with Gasteiger partial charge in [0.1, 0.15) is 0 Å². The number of aromatic nitrogens is 2. The molecule has 0 unspecified atom stereocenters. The van der Waals surface area contributed by atoms with Crippen molar-refractivity contribution < 1.29 is 4.79 Å². The molecule has 1 amide bonds. The molecule has 0 atom stereocenters. The normalized spacial score (nSPS) is 9.77. The van der Waals surface area contributed by atoms with E-state index in [0.29, 0.717) is 11.5 Å².